The van der Waals surface area contributed by atoms with E-state index in [1.807, 2.05) is 41.5 Å². The van der Waals surface area contributed by atoms with Crippen LogP contribution in [-0.2, 0) is 23.7 Å². The van der Waals surface area contributed by atoms with Crippen molar-refractivity contribution in [3.8, 4) is 0 Å². The van der Waals surface area contributed by atoms with Gasteiger partial charge in [-0.1, -0.05) is 0 Å². The van der Waals surface area contributed by atoms with E-state index in [2.05, 4.69) is 0 Å². The van der Waals surface area contributed by atoms with Gasteiger partial charge < -0.3 is 28.8 Å². The van der Waals surface area contributed by atoms with Gasteiger partial charge in [-0.2, -0.15) is 0 Å². The maximum Gasteiger partial charge on any atom is 0.0781 e. The number of ether oxygens (including phenoxy) is 5. The van der Waals surface area contributed by atoms with E-state index in [1.165, 1.54) is 0 Å². The van der Waals surface area contributed by atoms with Crippen molar-refractivity contribution in [2.75, 3.05) is 39.6 Å². The summed E-state index contributed by atoms with van der Waals surface area (Å²) in [5, 5.41) is 8.89. The van der Waals surface area contributed by atoms with Crippen molar-refractivity contribution >= 4 is 0 Å². The van der Waals surface area contributed by atoms with Crippen LogP contribution in [0.15, 0.2) is 0 Å². The lowest BCUT2D eigenvalue weighted by Crippen LogP contribution is -2.29. The van der Waals surface area contributed by atoms with E-state index in [0.717, 1.165) is 0 Å². The lowest BCUT2D eigenvalue weighted by atomic mass is 10.3. The Morgan fingerprint density at radius 3 is 1.17 bits per heavy atom. The molecule has 0 aromatic heterocycles. The average molecular weight is 336 g/mol. The molecule has 140 valence electrons. The number of aliphatic hydroxyl groups is 1. The predicted octanol–water partition coefficient (Wildman–Crippen LogP) is 2.02. The molecule has 0 spiro atoms. The summed E-state index contributed by atoms with van der Waals surface area (Å²) in [6.07, 6.45) is -0.0810. The Labute approximate surface area is 141 Å². The predicted molar refractivity (Wildman–Crippen MR) is 89.8 cm³/mol. The molecule has 0 saturated carbocycles. The highest BCUT2D eigenvalue weighted by atomic mass is 16.6. The third-order valence-electron chi connectivity index (χ3n) is 3.17. The zero-order valence-corrected chi connectivity index (χ0v) is 15.6. The van der Waals surface area contributed by atoms with Crippen LogP contribution < -0.4 is 0 Å². The van der Waals surface area contributed by atoms with Crippen molar-refractivity contribution in [1.82, 2.24) is 0 Å². The SMILES string of the molecule is CCOC(C)COC(C)COC(C)COC(C)COC(C)CO. The molecule has 0 fully saturated rings. The van der Waals surface area contributed by atoms with Gasteiger partial charge in [0.1, 0.15) is 0 Å². The summed E-state index contributed by atoms with van der Waals surface area (Å²) >= 11 is 0. The normalized spacial score (nSPS) is 18.4. The third kappa shape index (κ3) is 13.9. The molecule has 6 heteroatoms. The Morgan fingerprint density at radius 2 is 0.870 bits per heavy atom. The smallest absolute Gasteiger partial charge is 0.0781 e. The molecule has 0 aromatic carbocycles. The van der Waals surface area contributed by atoms with E-state index >= 15 is 0 Å². The van der Waals surface area contributed by atoms with Crippen molar-refractivity contribution in [1.29, 1.82) is 0 Å². The first-order valence-electron chi connectivity index (χ1n) is 8.57. The molecule has 0 bridgehead atoms. The van der Waals surface area contributed by atoms with Gasteiger partial charge in [-0.25, -0.2) is 0 Å². The van der Waals surface area contributed by atoms with Gasteiger partial charge in [0.15, 0.2) is 0 Å². The lowest BCUT2D eigenvalue weighted by Gasteiger charge is -2.21. The van der Waals surface area contributed by atoms with Crippen LogP contribution in [0, 0.1) is 0 Å². The van der Waals surface area contributed by atoms with Crippen LogP contribution in [0.2, 0.25) is 0 Å². The van der Waals surface area contributed by atoms with Gasteiger partial charge in [-0.3, -0.25) is 0 Å². The largest absolute Gasteiger partial charge is 0.394 e. The molecule has 0 aliphatic rings. The number of rotatable bonds is 15. The minimum Gasteiger partial charge on any atom is -0.394 e. The van der Waals surface area contributed by atoms with Gasteiger partial charge in [-0.15, -0.1) is 0 Å². The third-order valence-corrected chi connectivity index (χ3v) is 3.17. The van der Waals surface area contributed by atoms with E-state index in [0.29, 0.717) is 33.0 Å². The fraction of sp³-hybridized carbons (Fsp3) is 1.00. The molecule has 6 nitrogen and oxygen atoms in total. The first-order chi connectivity index (χ1) is 10.9. The van der Waals surface area contributed by atoms with E-state index in [-0.39, 0.29) is 37.1 Å². The molecule has 0 aromatic rings. The van der Waals surface area contributed by atoms with Crippen LogP contribution in [0.1, 0.15) is 41.5 Å². The van der Waals surface area contributed by atoms with Crippen molar-refractivity contribution in [3.63, 3.8) is 0 Å². The molecule has 0 aliphatic heterocycles. The Morgan fingerprint density at radius 1 is 0.565 bits per heavy atom. The van der Waals surface area contributed by atoms with Crippen LogP contribution in [0.3, 0.4) is 0 Å². The average Bonchev–Trinajstić information content (AvgIpc) is 2.54. The lowest BCUT2D eigenvalue weighted by molar-refractivity contribution is -0.0970. The minimum atomic E-state index is -0.160. The molecule has 23 heavy (non-hydrogen) atoms. The Bertz CT molecular complexity index is 263. The molecule has 0 saturated heterocycles. The molecule has 5 atom stereocenters. The van der Waals surface area contributed by atoms with Gasteiger partial charge in [0, 0.05) is 6.61 Å². The second kappa shape index (κ2) is 14.1. The standard InChI is InChI=1S/C17H36O6/c1-7-19-14(3)9-21-16(5)11-23-17(6)12-22-15(4)10-20-13(2)8-18/h13-18H,7-12H2,1-6H3. The summed E-state index contributed by atoms with van der Waals surface area (Å²) in [5.41, 5.74) is 0. The molecular weight excluding hydrogens is 300 g/mol. The van der Waals surface area contributed by atoms with Crippen LogP contribution in [0.5, 0.6) is 0 Å². The van der Waals surface area contributed by atoms with Crippen LogP contribution >= 0.6 is 0 Å². The molecule has 0 amide bonds. The Kier molecular flexibility index (Phi) is 14.0. The van der Waals surface area contributed by atoms with Gasteiger partial charge in [0.05, 0.1) is 63.6 Å². The summed E-state index contributed by atoms with van der Waals surface area (Å²) in [4.78, 5) is 0. The number of hydrogen-bond donors (Lipinski definition) is 1. The van der Waals surface area contributed by atoms with E-state index in [1.54, 1.807) is 0 Å². The minimum absolute atomic E-state index is 0.0110. The van der Waals surface area contributed by atoms with Gasteiger partial charge in [-0.05, 0) is 41.5 Å². The molecule has 0 radical (unpaired) electrons. The first-order valence-corrected chi connectivity index (χ1v) is 8.57. The van der Waals surface area contributed by atoms with Gasteiger partial charge >= 0.3 is 0 Å². The topological polar surface area (TPSA) is 66.4 Å². The van der Waals surface area contributed by atoms with Crippen molar-refractivity contribution in [2.24, 2.45) is 0 Å². The van der Waals surface area contributed by atoms with E-state index in [9.17, 15) is 0 Å². The number of hydrogen-bond acceptors (Lipinski definition) is 6. The van der Waals surface area contributed by atoms with Crippen LogP contribution in [0.25, 0.3) is 0 Å². The van der Waals surface area contributed by atoms with Crippen LogP contribution in [-0.4, -0.2) is 75.3 Å². The van der Waals surface area contributed by atoms with Gasteiger partial charge in [0.2, 0.25) is 0 Å². The zero-order chi connectivity index (χ0) is 17.7. The highest BCUT2D eigenvalue weighted by Gasteiger charge is 2.12. The molecule has 5 unspecified atom stereocenters. The monoisotopic (exact) mass is 336 g/mol. The van der Waals surface area contributed by atoms with E-state index < -0.39 is 0 Å². The quantitative estimate of drug-likeness (QED) is 0.493. The van der Waals surface area contributed by atoms with E-state index in [4.69, 9.17) is 28.8 Å². The Balaban J connectivity index is 3.67. The summed E-state index contributed by atoms with van der Waals surface area (Å²) in [6.45, 7) is 14.5. The summed E-state index contributed by atoms with van der Waals surface area (Å²) < 4.78 is 27.9. The Hall–Kier alpha value is -0.240. The second-order valence-electron chi connectivity index (χ2n) is 6.02. The maximum atomic E-state index is 8.89. The molecule has 0 rings (SSSR count). The van der Waals surface area contributed by atoms with Crippen molar-refractivity contribution < 1.29 is 28.8 Å². The maximum absolute atomic E-state index is 8.89. The summed E-state index contributed by atoms with van der Waals surface area (Å²) in [5.74, 6) is 0. The highest BCUT2D eigenvalue weighted by Crippen LogP contribution is 2.03. The highest BCUT2D eigenvalue weighted by molar-refractivity contribution is 4.57. The van der Waals surface area contributed by atoms with Crippen LogP contribution in [0.4, 0.5) is 0 Å². The molecule has 1 N–H and O–H groups in total. The second-order valence-corrected chi connectivity index (χ2v) is 6.02. The van der Waals surface area contributed by atoms with Crippen molar-refractivity contribution in [3.05, 3.63) is 0 Å². The number of aliphatic hydroxyl groups excluding tert-OH is 1. The van der Waals surface area contributed by atoms with Gasteiger partial charge in [0.25, 0.3) is 0 Å². The molecule has 0 heterocycles. The summed E-state index contributed by atoms with van der Waals surface area (Å²) in [7, 11) is 0. The fourth-order valence-corrected chi connectivity index (χ4v) is 1.73. The molecular formula is C17H36O6. The fourth-order valence-electron chi connectivity index (χ4n) is 1.73. The molecule has 0 aliphatic carbocycles. The zero-order valence-electron chi connectivity index (χ0n) is 15.6. The summed E-state index contributed by atoms with van der Waals surface area (Å²) in [6, 6.07) is 0. The van der Waals surface area contributed by atoms with Crippen molar-refractivity contribution in [2.45, 2.75) is 72.1 Å². The first kappa shape index (κ1) is 22.8.